The van der Waals surface area contributed by atoms with Crippen LogP contribution >= 0.6 is 0 Å². The number of morpholine rings is 1. The molecule has 0 radical (unpaired) electrons. The van der Waals surface area contributed by atoms with Crippen molar-refractivity contribution in [2.75, 3.05) is 19.6 Å². The fourth-order valence-corrected chi connectivity index (χ4v) is 3.81. The Hall–Kier alpha value is -1.64. The van der Waals surface area contributed by atoms with Gasteiger partial charge in [0.25, 0.3) is 0 Å². The molecule has 1 heterocycles. The summed E-state index contributed by atoms with van der Waals surface area (Å²) in [4.78, 5) is 2.56. The maximum atomic E-state index is 5.83. The molecule has 2 nitrogen and oxygen atoms in total. The highest BCUT2D eigenvalue weighted by Gasteiger charge is 2.23. The zero-order valence-corrected chi connectivity index (χ0v) is 15.1. The number of ether oxygens (including phenoxy) is 1. The first-order chi connectivity index (χ1) is 11.6. The Kier molecular flexibility index (Phi) is 5.70. The van der Waals surface area contributed by atoms with Crippen LogP contribution in [0.4, 0.5) is 0 Å². The third kappa shape index (κ3) is 4.68. The molecule has 0 spiro atoms. The van der Waals surface area contributed by atoms with Crippen LogP contribution in [0.15, 0.2) is 54.6 Å². The van der Waals surface area contributed by atoms with E-state index in [1.54, 1.807) is 0 Å². The SMILES string of the molecule is CC(Cc1ccc(-c2ccccc2)cc1)CN1CC(C)OC(C)C1. The lowest BCUT2D eigenvalue weighted by Gasteiger charge is -2.36. The zero-order valence-electron chi connectivity index (χ0n) is 15.1. The summed E-state index contributed by atoms with van der Waals surface area (Å²) >= 11 is 0. The smallest absolute Gasteiger partial charge is 0.0678 e. The van der Waals surface area contributed by atoms with Gasteiger partial charge in [-0.2, -0.15) is 0 Å². The largest absolute Gasteiger partial charge is 0.373 e. The van der Waals surface area contributed by atoms with Gasteiger partial charge in [0.1, 0.15) is 0 Å². The van der Waals surface area contributed by atoms with E-state index in [2.05, 4.69) is 80.3 Å². The van der Waals surface area contributed by atoms with E-state index in [1.165, 1.54) is 16.7 Å². The van der Waals surface area contributed by atoms with Crippen molar-refractivity contribution >= 4 is 0 Å². The average molecular weight is 323 g/mol. The molecule has 0 aliphatic carbocycles. The van der Waals surface area contributed by atoms with Crippen LogP contribution in [0.25, 0.3) is 11.1 Å². The molecule has 0 bridgehead atoms. The van der Waals surface area contributed by atoms with Crippen LogP contribution in [-0.2, 0) is 11.2 Å². The van der Waals surface area contributed by atoms with Gasteiger partial charge in [-0.3, -0.25) is 4.90 Å². The number of hydrogen-bond donors (Lipinski definition) is 0. The summed E-state index contributed by atoms with van der Waals surface area (Å²) in [5, 5.41) is 0. The summed E-state index contributed by atoms with van der Waals surface area (Å²) in [6, 6.07) is 19.6. The van der Waals surface area contributed by atoms with Gasteiger partial charge in [0.15, 0.2) is 0 Å². The fourth-order valence-electron chi connectivity index (χ4n) is 3.81. The van der Waals surface area contributed by atoms with Gasteiger partial charge < -0.3 is 4.74 Å². The van der Waals surface area contributed by atoms with Crippen molar-refractivity contribution in [2.45, 2.75) is 39.4 Å². The van der Waals surface area contributed by atoms with Gasteiger partial charge in [-0.25, -0.2) is 0 Å². The molecule has 1 aliphatic rings. The molecule has 2 heteroatoms. The van der Waals surface area contributed by atoms with E-state index in [4.69, 9.17) is 4.74 Å². The Balaban J connectivity index is 1.56. The second-order valence-corrected chi connectivity index (χ2v) is 7.35. The van der Waals surface area contributed by atoms with Gasteiger partial charge in [0.2, 0.25) is 0 Å². The van der Waals surface area contributed by atoms with E-state index in [0.29, 0.717) is 18.1 Å². The summed E-state index contributed by atoms with van der Waals surface area (Å²) in [5.41, 5.74) is 4.01. The van der Waals surface area contributed by atoms with Gasteiger partial charge in [-0.1, -0.05) is 61.5 Å². The molecular formula is C22H29NO. The Morgan fingerprint density at radius 1 is 0.917 bits per heavy atom. The van der Waals surface area contributed by atoms with Crippen LogP contribution in [0.5, 0.6) is 0 Å². The van der Waals surface area contributed by atoms with Crippen LogP contribution in [0.3, 0.4) is 0 Å². The maximum Gasteiger partial charge on any atom is 0.0678 e. The summed E-state index contributed by atoms with van der Waals surface area (Å²) in [5.74, 6) is 0.657. The highest BCUT2D eigenvalue weighted by molar-refractivity contribution is 5.63. The van der Waals surface area contributed by atoms with Crippen LogP contribution in [0.2, 0.25) is 0 Å². The molecule has 1 aliphatic heterocycles. The molecule has 128 valence electrons. The number of nitrogens with zero attached hydrogens (tertiary/aromatic N) is 1. The normalized spacial score (nSPS) is 23.1. The highest BCUT2D eigenvalue weighted by atomic mass is 16.5. The minimum Gasteiger partial charge on any atom is -0.373 e. The van der Waals surface area contributed by atoms with Gasteiger partial charge in [-0.15, -0.1) is 0 Å². The lowest BCUT2D eigenvalue weighted by Crippen LogP contribution is -2.47. The monoisotopic (exact) mass is 323 g/mol. The van der Waals surface area contributed by atoms with Crippen LogP contribution in [-0.4, -0.2) is 36.7 Å². The van der Waals surface area contributed by atoms with Crippen molar-refractivity contribution in [3.8, 4) is 11.1 Å². The molecule has 0 saturated carbocycles. The summed E-state index contributed by atoms with van der Waals surface area (Å²) in [6.07, 6.45) is 1.84. The first-order valence-electron chi connectivity index (χ1n) is 9.12. The van der Waals surface area contributed by atoms with Crippen molar-refractivity contribution in [2.24, 2.45) is 5.92 Å². The van der Waals surface area contributed by atoms with Crippen molar-refractivity contribution in [3.63, 3.8) is 0 Å². The number of rotatable bonds is 5. The van der Waals surface area contributed by atoms with E-state index in [-0.39, 0.29) is 0 Å². The van der Waals surface area contributed by atoms with Crippen LogP contribution < -0.4 is 0 Å². The molecule has 2 aromatic rings. The molecule has 3 atom stereocenters. The Bertz CT molecular complexity index is 612. The van der Waals surface area contributed by atoms with Crippen molar-refractivity contribution in [1.82, 2.24) is 4.90 Å². The third-order valence-corrected chi connectivity index (χ3v) is 4.71. The standard InChI is InChI=1S/C22H29NO/c1-17(14-23-15-18(2)24-19(3)16-23)13-20-9-11-22(12-10-20)21-7-5-4-6-8-21/h4-12,17-19H,13-16H2,1-3H3. The topological polar surface area (TPSA) is 12.5 Å². The summed E-state index contributed by atoms with van der Waals surface area (Å²) < 4.78 is 5.83. The third-order valence-electron chi connectivity index (χ3n) is 4.71. The molecule has 0 N–H and O–H groups in total. The second kappa shape index (κ2) is 7.96. The lowest BCUT2D eigenvalue weighted by atomic mass is 9.97. The number of hydrogen-bond acceptors (Lipinski definition) is 2. The van der Waals surface area contributed by atoms with Crippen LogP contribution in [0.1, 0.15) is 26.3 Å². The molecule has 24 heavy (non-hydrogen) atoms. The van der Waals surface area contributed by atoms with E-state index >= 15 is 0 Å². The molecule has 2 aromatic carbocycles. The lowest BCUT2D eigenvalue weighted by molar-refractivity contribution is -0.0708. The predicted molar refractivity (Wildman–Crippen MR) is 101 cm³/mol. The van der Waals surface area contributed by atoms with E-state index in [9.17, 15) is 0 Å². The summed E-state index contributed by atoms with van der Waals surface area (Å²) in [6.45, 7) is 9.98. The summed E-state index contributed by atoms with van der Waals surface area (Å²) in [7, 11) is 0. The van der Waals surface area contributed by atoms with Crippen LogP contribution in [0, 0.1) is 5.92 Å². The molecule has 3 rings (SSSR count). The maximum absolute atomic E-state index is 5.83. The fraction of sp³-hybridized carbons (Fsp3) is 0.455. The van der Waals surface area contributed by atoms with Gasteiger partial charge in [0.05, 0.1) is 12.2 Å². The van der Waals surface area contributed by atoms with Gasteiger partial charge >= 0.3 is 0 Å². The first kappa shape index (κ1) is 17.2. The number of benzene rings is 2. The Morgan fingerprint density at radius 3 is 2.12 bits per heavy atom. The molecule has 0 amide bonds. The highest BCUT2D eigenvalue weighted by Crippen LogP contribution is 2.21. The minimum absolute atomic E-state index is 0.353. The molecule has 1 fully saturated rings. The molecule has 1 saturated heterocycles. The minimum atomic E-state index is 0.353. The predicted octanol–water partition coefficient (Wildman–Crippen LogP) is 4.64. The van der Waals surface area contributed by atoms with E-state index in [0.717, 1.165) is 26.1 Å². The Morgan fingerprint density at radius 2 is 1.50 bits per heavy atom. The van der Waals surface area contributed by atoms with E-state index < -0.39 is 0 Å². The Labute approximate surface area is 146 Å². The molecule has 3 unspecified atom stereocenters. The molecular weight excluding hydrogens is 294 g/mol. The van der Waals surface area contributed by atoms with Crippen molar-refractivity contribution in [1.29, 1.82) is 0 Å². The first-order valence-corrected chi connectivity index (χ1v) is 9.12. The second-order valence-electron chi connectivity index (χ2n) is 7.35. The van der Waals surface area contributed by atoms with E-state index in [1.807, 2.05) is 0 Å². The zero-order chi connectivity index (χ0) is 16.9. The molecule has 0 aromatic heterocycles. The van der Waals surface area contributed by atoms with Crippen molar-refractivity contribution in [3.05, 3.63) is 60.2 Å². The van der Waals surface area contributed by atoms with Gasteiger partial charge in [0, 0.05) is 19.6 Å². The average Bonchev–Trinajstić information content (AvgIpc) is 2.55. The quantitative estimate of drug-likeness (QED) is 0.794. The van der Waals surface area contributed by atoms with Crippen molar-refractivity contribution < 1.29 is 4.74 Å². The van der Waals surface area contributed by atoms with Gasteiger partial charge in [-0.05, 0) is 42.9 Å².